The molecule has 6 heteroatoms. The highest BCUT2D eigenvalue weighted by Crippen LogP contribution is 2.36. The number of anilines is 1. The smallest absolute Gasteiger partial charge is 0.239 e. The molecule has 2 aromatic rings. The minimum absolute atomic E-state index is 0.432. The first-order chi connectivity index (χ1) is 9.15. The van der Waals surface area contributed by atoms with E-state index >= 15 is 0 Å². The van der Waals surface area contributed by atoms with Crippen molar-refractivity contribution in [3.8, 4) is 17.4 Å². The molecule has 0 atom stereocenters. The van der Waals surface area contributed by atoms with E-state index in [9.17, 15) is 0 Å². The van der Waals surface area contributed by atoms with Crippen LogP contribution in [0.15, 0.2) is 29.0 Å². The highest BCUT2D eigenvalue weighted by Gasteiger charge is 2.12. The lowest BCUT2D eigenvalue weighted by Crippen LogP contribution is -1.98. The minimum Gasteiger partial charge on any atom is -0.493 e. The molecule has 0 fully saturated rings. The number of benzene rings is 1. The highest BCUT2D eigenvalue weighted by molar-refractivity contribution is 9.10. The fraction of sp³-hybridized carbons (Fsp3) is 0.231. The summed E-state index contributed by atoms with van der Waals surface area (Å²) in [4.78, 5) is 8.18. The van der Waals surface area contributed by atoms with Crippen LogP contribution in [0.1, 0.15) is 5.56 Å². The third-order valence-corrected chi connectivity index (χ3v) is 3.23. The summed E-state index contributed by atoms with van der Waals surface area (Å²) >= 11 is 3.41. The van der Waals surface area contributed by atoms with Crippen LogP contribution in [0.25, 0.3) is 0 Å². The normalized spacial score (nSPS) is 10.1. The molecule has 0 aliphatic heterocycles. The maximum absolute atomic E-state index is 5.77. The van der Waals surface area contributed by atoms with Crippen molar-refractivity contribution in [2.45, 2.75) is 6.92 Å². The molecule has 19 heavy (non-hydrogen) atoms. The molecular formula is C13H14BrN3O2. The maximum atomic E-state index is 5.77. The van der Waals surface area contributed by atoms with E-state index in [4.69, 9.17) is 9.47 Å². The van der Waals surface area contributed by atoms with E-state index in [-0.39, 0.29) is 0 Å². The van der Waals surface area contributed by atoms with Gasteiger partial charge in [0, 0.05) is 7.05 Å². The third kappa shape index (κ3) is 2.96. The van der Waals surface area contributed by atoms with Crippen LogP contribution in [0.5, 0.6) is 17.4 Å². The zero-order valence-electron chi connectivity index (χ0n) is 10.9. The lowest BCUT2D eigenvalue weighted by molar-refractivity contribution is 0.372. The van der Waals surface area contributed by atoms with Crippen LogP contribution in [0.3, 0.4) is 0 Å². The van der Waals surface area contributed by atoms with Gasteiger partial charge in [-0.2, -0.15) is 0 Å². The molecule has 0 aliphatic carbocycles. The third-order valence-electron chi connectivity index (χ3n) is 2.52. The monoisotopic (exact) mass is 323 g/mol. The van der Waals surface area contributed by atoms with Gasteiger partial charge in [-0.05, 0) is 40.5 Å². The Balaban J connectivity index is 2.36. The zero-order valence-corrected chi connectivity index (χ0v) is 12.5. The summed E-state index contributed by atoms with van der Waals surface area (Å²) < 4.78 is 11.7. The van der Waals surface area contributed by atoms with E-state index in [0.29, 0.717) is 27.7 Å². The molecule has 0 unspecified atom stereocenters. The number of aromatic nitrogens is 2. The van der Waals surface area contributed by atoms with E-state index < -0.39 is 0 Å². The van der Waals surface area contributed by atoms with Crippen LogP contribution in [0.2, 0.25) is 0 Å². The first-order valence-electron chi connectivity index (χ1n) is 5.66. The Labute approximate surface area is 120 Å². The van der Waals surface area contributed by atoms with Crippen molar-refractivity contribution in [1.82, 2.24) is 9.97 Å². The number of halogens is 1. The van der Waals surface area contributed by atoms with Crippen molar-refractivity contribution in [3.05, 3.63) is 34.6 Å². The highest BCUT2D eigenvalue weighted by atomic mass is 79.9. The number of hydrogen-bond donors (Lipinski definition) is 1. The lowest BCUT2D eigenvalue weighted by Gasteiger charge is -2.12. The van der Waals surface area contributed by atoms with E-state index in [1.807, 2.05) is 25.1 Å². The summed E-state index contributed by atoms with van der Waals surface area (Å²) in [6.45, 7) is 1.99. The number of methoxy groups -OCH3 is 1. The largest absolute Gasteiger partial charge is 0.493 e. The molecule has 0 spiro atoms. The van der Waals surface area contributed by atoms with Gasteiger partial charge in [0.2, 0.25) is 5.88 Å². The summed E-state index contributed by atoms with van der Waals surface area (Å²) in [5.74, 6) is 2.36. The van der Waals surface area contributed by atoms with Gasteiger partial charge in [-0.15, -0.1) is 0 Å². The number of aryl methyl sites for hydroxylation is 1. The van der Waals surface area contributed by atoms with Crippen LogP contribution >= 0.6 is 15.9 Å². The summed E-state index contributed by atoms with van der Waals surface area (Å²) in [6.07, 6.45) is 1.44. The van der Waals surface area contributed by atoms with Crippen molar-refractivity contribution in [3.63, 3.8) is 0 Å². The van der Waals surface area contributed by atoms with E-state index in [1.165, 1.54) is 6.33 Å². The van der Waals surface area contributed by atoms with Gasteiger partial charge in [0.1, 0.15) is 16.6 Å². The predicted octanol–water partition coefficient (Wildman–Crippen LogP) is 3.39. The van der Waals surface area contributed by atoms with Crippen LogP contribution < -0.4 is 14.8 Å². The molecule has 0 aliphatic rings. The zero-order chi connectivity index (χ0) is 13.8. The molecular weight excluding hydrogens is 310 g/mol. The number of rotatable bonds is 4. The lowest BCUT2D eigenvalue weighted by atomic mass is 10.2. The quantitative estimate of drug-likeness (QED) is 0.934. The van der Waals surface area contributed by atoms with Crippen molar-refractivity contribution < 1.29 is 9.47 Å². The van der Waals surface area contributed by atoms with Crippen LogP contribution in [0.4, 0.5) is 5.82 Å². The van der Waals surface area contributed by atoms with Crippen molar-refractivity contribution in [1.29, 1.82) is 0 Å². The second-order valence-electron chi connectivity index (χ2n) is 3.85. The van der Waals surface area contributed by atoms with Gasteiger partial charge < -0.3 is 14.8 Å². The minimum atomic E-state index is 0.432. The van der Waals surface area contributed by atoms with Gasteiger partial charge in [0.05, 0.1) is 7.11 Å². The fourth-order valence-electron chi connectivity index (χ4n) is 1.56. The van der Waals surface area contributed by atoms with Gasteiger partial charge >= 0.3 is 0 Å². The number of nitrogens with one attached hydrogen (secondary N) is 1. The summed E-state index contributed by atoms with van der Waals surface area (Å²) in [5.41, 5.74) is 1.10. The summed E-state index contributed by atoms with van der Waals surface area (Å²) in [5, 5.41) is 2.95. The second kappa shape index (κ2) is 5.88. The molecule has 0 bridgehead atoms. The number of ether oxygens (including phenoxy) is 2. The standard InChI is InChI=1S/C13H14BrN3O2/c1-8-4-5-9(10(6-8)18-3)19-13-11(14)12(15-2)16-7-17-13/h4-7H,1-3H3,(H,15,16,17). The topological polar surface area (TPSA) is 56.3 Å². The van der Waals surface area contributed by atoms with Crippen LogP contribution in [-0.2, 0) is 0 Å². The molecule has 0 radical (unpaired) electrons. The molecule has 0 amide bonds. The average molecular weight is 324 g/mol. The molecule has 0 saturated carbocycles. The Morgan fingerprint density at radius 2 is 2.00 bits per heavy atom. The van der Waals surface area contributed by atoms with E-state index in [1.54, 1.807) is 14.2 Å². The van der Waals surface area contributed by atoms with E-state index in [0.717, 1.165) is 5.56 Å². The van der Waals surface area contributed by atoms with Crippen LogP contribution in [0, 0.1) is 6.92 Å². The Hall–Kier alpha value is -1.82. The van der Waals surface area contributed by atoms with Gasteiger partial charge in [0.25, 0.3) is 0 Å². The van der Waals surface area contributed by atoms with E-state index in [2.05, 4.69) is 31.2 Å². The molecule has 1 N–H and O–H groups in total. The van der Waals surface area contributed by atoms with Crippen molar-refractivity contribution in [2.24, 2.45) is 0 Å². The fourth-order valence-corrected chi connectivity index (χ4v) is 2.05. The first-order valence-corrected chi connectivity index (χ1v) is 6.45. The molecule has 1 heterocycles. The SMILES string of the molecule is CNc1ncnc(Oc2ccc(C)cc2OC)c1Br. The molecule has 0 saturated heterocycles. The first kappa shape index (κ1) is 13.6. The summed E-state index contributed by atoms with van der Waals surface area (Å²) in [6, 6.07) is 5.71. The van der Waals surface area contributed by atoms with Gasteiger partial charge in [0.15, 0.2) is 11.5 Å². The molecule has 100 valence electrons. The Morgan fingerprint density at radius 3 is 2.68 bits per heavy atom. The Kier molecular flexibility index (Phi) is 4.21. The average Bonchev–Trinajstić information content (AvgIpc) is 2.42. The number of hydrogen-bond acceptors (Lipinski definition) is 5. The Morgan fingerprint density at radius 1 is 1.21 bits per heavy atom. The maximum Gasteiger partial charge on any atom is 0.239 e. The molecule has 2 rings (SSSR count). The van der Waals surface area contributed by atoms with Gasteiger partial charge in [-0.1, -0.05) is 6.07 Å². The molecule has 1 aromatic heterocycles. The van der Waals surface area contributed by atoms with Gasteiger partial charge in [-0.3, -0.25) is 0 Å². The van der Waals surface area contributed by atoms with Crippen molar-refractivity contribution in [2.75, 3.05) is 19.5 Å². The van der Waals surface area contributed by atoms with Crippen molar-refractivity contribution >= 4 is 21.7 Å². The van der Waals surface area contributed by atoms with Crippen LogP contribution in [-0.4, -0.2) is 24.1 Å². The number of nitrogens with zero attached hydrogens (tertiary/aromatic N) is 2. The molecule has 5 nitrogen and oxygen atoms in total. The van der Waals surface area contributed by atoms with Gasteiger partial charge in [-0.25, -0.2) is 9.97 Å². The second-order valence-corrected chi connectivity index (χ2v) is 4.64. The predicted molar refractivity (Wildman–Crippen MR) is 77.1 cm³/mol. The Bertz CT molecular complexity index is 590. The summed E-state index contributed by atoms with van der Waals surface area (Å²) in [7, 11) is 3.39. The molecule has 1 aromatic carbocycles.